The van der Waals surface area contributed by atoms with Crippen molar-refractivity contribution in [1.82, 2.24) is 14.6 Å². The first-order chi connectivity index (χ1) is 10.5. The molecule has 114 valence electrons. The molecule has 2 aromatic heterocycles. The minimum atomic E-state index is 0.693. The van der Waals surface area contributed by atoms with Crippen LogP contribution >= 0.6 is 0 Å². The summed E-state index contributed by atoms with van der Waals surface area (Å²) in [5.41, 5.74) is 5.87. The maximum absolute atomic E-state index is 5.40. The van der Waals surface area contributed by atoms with Gasteiger partial charge in [-0.1, -0.05) is 0 Å². The van der Waals surface area contributed by atoms with Gasteiger partial charge in [0.25, 0.3) is 0 Å². The van der Waals surface area contributed by atoms with E-state index >= 15 is 0 Å². The van der Waals surface area contributed by atoms with E-state index in [-0.39, 0.29) is 0 Å². The minimum absolute atomic E-state index is 0.693. The number of hydrogen-bond donors (Lipinski definition) is 0. The average molecular weight is 297 g/mol. The van der Waals surface area contributed by atoms with Gasteiger partial charge in [0.15, 0.2) is 17.1 Å². The third-order valence-electron chi connectivity index (χ3n) is 3.72. The zero-order chi connectivity index (χ0) is 15.9. The molecule has 0 N–H and O–H groups in total. The maximum Gasteiger partial charge on any atom is 0.161 e. The summed E-state index contributed by atoms with van der Waals surface area (Å²) in [5, 5.41) is 4.61. The highest BCUT2D eigenvalue weighted by Gasteiger charge is 2.16. The Morgan fingerprint density at radius 2 is 1.68 bits per heavy atom. The van der Waals surface area contributed by atoms with Crippen LogP contribution in [-0.2, 0) is 0 Å². The van der Waals surface area contributed by atoms with E-state index in [0.29, 0.717) is 11.5 Å². The van der Waals surface area contributed by atoms with Crippen molar-refractivity contribution in [3.05, 3.63) is 41.2 Å². The van der Waals surface area contributed by atoms with Gasteiger partial charge in [-0.2, -0.15) is 5.10 Å². The van der Waals surface area contributed by atoms with E-state index in [0.717, 1.165) is 33.9 Å². The van der Waals surface area contributed by atoms with Crippen LogP contribution in [0, 0.1) is 20.8 Å². The number of ether oxygens (including phenoxy) is 2. The van der Waals surface area contributed by atoms with E-state index in [1.807, 2.05) is 42.6 Å². The topological polar surface area (TPSA) is 48.7 Å². The predicted molar refractivity (Wildman–Crippen MR) is 85.7 cm³/mol. The molecular weight excluding hydrogens is 278 g/mol. The summed E-state index contributed by atoms with van der Waals surface area (Å²) in [4.78, 5) is 4.66. The molecule has 0 saturated heterocycles. The minimum Gasteiger partial charge on any atom is -0.493 e. The lowest BCUT2D eigenvalue weighted by molar-refractivity contribution is 0.355. The van der Waals surface area contributed by atoms with Crippen molar-refractivity contribution >= 4 is 5.65 Å². The predicted octanol–water partition coefficient (Wildman–Crippen LogP) is 3.34. The molecule has 0 amide bonds. The first-order valence-corrected chi connectivity index (χ1v) is 7.11. The van der Waals surface area contributed by atoms with Crippen LogP contribution in [0.15, 0.2) is 24.3 Å². The molecule has 0 aliphatic rings. The normalized spacial score (nSPS) is 11.0. The van der Waals surface area contributed by atoms with Crippen molar-refractivity contribution < 1.29 is 9.47 Å². The van der Waals surface area contributed by atoms with Crippen LogP contribution in [0.1, 0.15) is 17.0 Å². The van der Waals surface area contributed by atoms with Crippen molar-refractivity contribution in [1.29, 1.82) is 0 Å². The molecular formula is C17H19N3O2. The van der Waals surface area contributed by atoms with Gasteiger partial charge in [-0.3, -0.25) is 0 Å². The fourth-order valence-corrected chi connectivity index (χ4v) is 2.75. The number of fused-ring (bicyclic) bond motifs is 1. The van der Waals surface area contributed by atoms with Crippen LogP contribution in [0.25, 0.3) is 16.9 Å². The van der Waals surface area contributed by atoms with E-state index in [2.05, 4.69) is 17.0 Å². The van der Waals surface area contributed by atoms with Gasteiger partial charge in [-0.05, 0) is 50.6 Å². The Morgan fingerprint density at radius 3 is 2.36 bits per heavy atom. The summed E-state index contributed by atoms with van der Waals surface area (Å²) in [7, 11) is 3.26. The zero-order valence-electron chi connectivity index (χ0n) is 13.5. The Morgan fingerprint density at radius 1 is 0.955 bits per heavy atom. The van der Waals surface area contributed by atoms with Crippen molar-refractivity contribution in [3.8, 4) is 22.8 Å². The molecule has 3 aromatic rings. The number of imidazole rings is 1. The summed E-state index contributed by atoms with van der Waals surface area (Å²) in [6.45, 7) is 6.03. The van der Waals surface area contributed by atoms with Gasteiger partial charge >= 0.3 is 0 Å². The molecule has 0 saturated carbocycles. The number of benzene rings is 1. The summed E-state index contributed by atoms with van der Waals surface area (Å²) in [6.07, 6.45) is 0. The summed E-state index contributed by atoms with van der Waals surface area (Å²) in [5.74, 6) is 1.40. The van der Waals surface area contributed by atoms with E-state index in [4.69, 9.17) is 9.47 Å². The first kappa shape index (κ1) is 14.4. The number of rotatable bonds is 3. The second-order valence-corrected chi connectivity index (χ2v) is 5.32. The molecule has 0 atom stereocenters. The molecule has 0 bridgehead atoms. The highest BCUT2D eigenvalue weighted by molar-refractivity contribution is 5.70. The Labute approximate surface area is 129 Å². The van der Waals surface area contributed by atoms with Gasteiger partial charge in [0, 0.05) is 5.56 Å². The number of aromatic nitrogens is 3. The van der Waals surface area contributed by atoms with Crippen LogP contribution in [0.5, 0.6) is 11.5 Å². The van der Waals surface area contributed by atoms with E-state index in [1.54, 1.807) is 14.2 Å². The van der Waals surface area contributed by atoms with E-state index in [1.165, 1.54) is 0 Å². The molecule has 0 aliphatic carbocycles. The molecule has 22 heavy (non-hydrogen) atoms. The van der Waals surface area contributed by atoms with E-state index in [9.17, 15) is 0 Å². The van der Waals surface area contributed by atoms with Crippen molar-refractivity contribution in [2.75, 3.05) is 14.2 Å². The highest BCUT2D eigenvalue weighted by atomic mass is 16.5. The Bertz CT molecular complexity index is 853. The van der Waals surface area contributed by atoms with Gasteiger partial charge in [0.1, 0.15) is 0 Å². The molecule has 0 fully saturated rings. The largest absolute Gasteiger partial charge is 0.493 e. The fraction of sp³-hybridized carbons (Fsp3) is 0.294. The third kappa shape index (κ3) is 2.19. The smallest absolute Gasteiger partial charge is 0.161 e. The average Bonchev–Trinajstić information content (AvgIpc) is 2.83. The molecule has 5 nitrogen and oxygen atoms in total. The van der Waals surface area contributed by atoms with Gasteiger partial charge in [0.2, 0.25) is 0 Å². The van der Waals surface area contributed by atoms with Crippen LogP contribution in [0.4, 0.5) is 0 Å². The second-order valence-electron chi connectivity index (χ2n) is 5.32. The second kappa shape index (κ2) is 5.33. The molecule has 5 heteroatoms. The third-order valence-corrected chi connectivity index (χ3v) is 3.72. The number of methoxy groups -OCH3 is 2. The zero-order valence-corrected chi connectivity index (χ0v) is 13.5. The monoisotopic (exact) mass is 297 g/mol. The molecule has 0 spiro atoms. The van der Waals surface area contributed by atoms with E-state index < -0.39 is 0 Å². The lowest BCUT2D eigenvalue weighted by Gasteiger charge is -2.10. The van der Waals surface area contributed by atoms with Crippen molar-refractivity contribution in [2.24, 2.45) is 0 Å². The van der Waals surface area contributed by atoms with Gasteiger partial charge < -0.3 is 9.47 Å². The lowest BCUT2D eigenvalue weighted by Crippen LogP contribution is -1.99. The first-order valence-electron chi connectivity index (χ1n) is 7.11. The van der Waals surface area contributed by atoms with Gasteiger partial charge in [-0.15, -0.1) is 0 Å². The molecule has 1 aromatic carbocycles. The lowest BCUT2D eigenvalue weighted by atomic mass is 10.1. The SMILES string of the molecule is COc1ccc(-c2c(C)nc3c(C)cc(C)nn23)cc1OC. The van der Waals surface area contributed by atoms with Gasteiger partial charge in [-0.25, -0.2) is 9.50 Å². The fourth-order valence-electron chi connectivity index (χ4n) is 2.75. The van der Waals surface area contributed by atoms with Crippen LogP contribution in [0.2, 0.25) is 0 Å². The van der Waals surface area contributed by atoms with Crippen LogP contribution < -0.4 is 9.47 Å². The van der Waals surface area contributed by atoms with Gasteiger partial charge in [0.05, 0.1) is 31.3 Å². The summed E-state index contributed by atoms with van der Waals surface area (Å²) >= 11 is 0. The standard InChI is InChI=1S/C17H19N3O2/c1-10-8-11(2)19-20-16(12(3)18-17(10)20)13-6-7-14(21-4)15(9-13)22-5/h6-9H,1-5H3. The molecule has 3 rings (SSSR count). The Balaban J connectivity index is 2.28. The van der Waals surface area contributed by atoms with Crippen LogP contribution in [0.3, 0.4) is 0 Å². The van der Waals surface area contributed by atoms with Crippen molar-refractivity contribution in [2.45, 2.75) is 20.8 Å². The molecule has 0 radical (unpaired) electrons. The Kier molecular flexibility index (Phi) is 3.48. The highest BCUT2D eigenvalue weighted by Crippen LogP contribution is 2.34. The number of aryl methyl sites for hydroxylation is 3. The van der Waals surface area contributed by atoms with Crippen LogP contribution in [-0.4, -0.2) is 28.8 Å². The molecule has 2 heterocycles. The Hall–Kier alpha value is -2.56. The number of nitrogens with zero attached hydrogens (tertiary/aromatic N) is 3. The number of hydrogen-bond acceptors (Lipinski definition) is 4. The summed E-state index contributed by atoms with van der Waals surface area (Å²) < 4.78 is 12.6. The maximum atomic E-state index is 5.40. The van der Waals surface area contributed by atoms with Crippen molar-refractivity contribution in [3.63, 3.8) is 0 Å². The molecule has 0 unspecified atom stereocenters. The molecule has 0 aliphatic heterocycles. The quantitative estimate of drug-likeness (QED) is 0.744. The summed E-state index contributed by atoms with van der Waals surface area (Å²) in [6, 6.07) is 7.89.